The van der Waals surface area contributed by atoms with Gasteiger partial charge < -0.3 is 9.72 Å². The van der Waals surface area contributed by atoms with Crippen LogP contribution in [0.3, 0.4) is 0 Å². The molecule has 0 saturated carbocycles. The fourth-order valence-electron chi connectivity index (χ4n) is 2.97. The zero-order valence-corrected chi connectivity index (χ0v) is 14.7. The first kappa shape index (κ1) is 16.4. The Morgan fingerprint density at radius 1 is 1.15 bits per heavy atom. The number of aromatic amines is 1. The molecule has 0 aliphatic rings. The monoisotopic (exact) mass is 362 g/mol. The second kappa shape index (κ2) is 6.65. The highest BCUT2D eigenvalue weighted by molar-refractivity contribution is 6.32. The molecule has 2 heterocycles. The number of nitrogens with zero attached hydrogens (tertiary/aromatic N) is 1. The number of aromatic nitrogens is 2. The van der Waals surface area contributed by atoms with E-state index in [9.17, 15) is 4.79 Å². The van der Waals surface area contributed by atoms with Crippen LogP contribution in [0.1, 0.15) is 16.1 Å². The highest BCUT2D eigenvalue weighted by Gasteiger charge is 2.14. The Kier molecular flexibility index (Phi) is 4.19. The number of rotatable bonds is 4. The van der Waals surface area contributed by atoms with Crippen LogP contribution in [0.25, 0.3) is 27.9 Å². The second-order valence-corrected chi connectivity index (χ2v) is 6.24. The van der Waals surface area contributed by atoms with E-state index in [-0.39, 0.29) is 5.78 Å². The van der Waals surface area contributed by atoms with Crippen LogP contribution >= 0.6 is 11.6 Å². The minimum absolute atomic E-state index is 0.186. The summed E-state index contributed by atoms with van der Waals surface area (Å²) in [6.45, 7) is 0. The van der Waals surface area contributed by atoms with Gasteiger partial charge in [0.05, 0.1) is 12.6 Å². The van der Waals surface area contributed by atoms with Crippen LogP contribution in [0.15, 0.2) is 60.8 Å². The number of allylic oxidation sites excluding steroid dienone is 1. The molecule has 0 radical (unpaired) electrons. The predicted molar refractivity (Wildman–Crippen MR) is 105 cm³/mol. The number of ether oxygens (including phenoxy) is 1. The summed E-state index contributed by atoms with van der Waals surface area (Å²) in [5.74, 6) is 0.579. The topological polar surface area (TPSA) is 55.0 Å². The average Bonchev–Trinajstić information content (AvgIpc) is 3.05. The van der Waals surface area contributed by atoms with Crippen molar-refractivity contribution in [1.29, 1.82) is 0 Å². The Hall–Kier alpha value is -3.11. The van der Waals surface area contributed by atoms with Crippen molar-refractivity contribution in [3.63, 3.8) is 0 Å². The molecule has 0 atom stereocenters. The van der Waals surface area contributed by atoms with Crippen LogP contribution in [-0.2, 0) is 0 Å². The first-order chi connectivity index (χ1) is 12.7. The third-order valence-electron chi connectivity index (χ3n) is 4.28. The van der Waals surface area contributed by atoms with Crippen molar-refractivity contribution in [3.05, 3.63) is 77.1 Å². The lowest BCUT2D eigenvalue weighted by Gasteiger charge is -2.00. The summed E-state index contributed by atoms with van der Waals surface area (Å²) in [7, 11) is 1.63. The summed E-state index contributed by atoms with van der Waals surface area (Å²) in [4.78, 5) is 20.3. The van der Waals surface area contributed by atoms with Gasteiger partial charge in [0.15, 0.2) is 0 Å². The fraction of sp³-hybridized carbons (Fsp3) is 0.0476. The van der Waals surface area contributed by atoms with Gasteiger partial charge in [0.1, 0.15) is 11.4 Å². The smallest absolute Gasteiger partial charge is 0.206 e. The van der Waals surface area contributed by atoms with Crippen molar-refractivity contribution in [3.8, 4) is 5.75 Å². The van der Waals surface area contributed by atoms with Gasteiger partial charge in [-0.1, -0.05) is 29.8 Å². The molecule has 0 fully saturated rings. The van der Waals surface area contributed by atoms with Crippen molar-refractivity contribution < 1.29 is 9.53 Å². The molecule has 4 aromatic rings. The molecule has 0 amide bonds. The average molecular weight is 363 g/mol. The van der Waals surface area contributed by atoms with E-state index in [0.29, 0.717) is 16.2 Å². The number of nitrogens with one attached hydrogen (secondary N) is 1. The molecule has 1 N–H and O–H groups in total. The highest BCUT2D eigenvalue weighted by Crippen LogP contribution is 2.30. The van der Waals surface area contributed by atoms with E-state index in [0.717, 1.165) is 27.6 Å². The number of carbonyl (C=O) groups excluding carboxylic acids is 1. The minimum Gasteiger partial charge on any atom is -0.497 e. The Morgan fingerprint density at radius 3 is 2.81 bits per heavy atom. The Bertz CT molecular complexity index is 1160. The van der Waals surface area contributed by atoms with Gasteiger partial charge in [-0.2, -0.15) is 0 Å². The van der Waals surface area contributed by atoms with E-state index >= 15 is 0 Å². The third-order valence-corrected chi connectivity index (χ3v) is 4.62. The Labute approximate surface area is 155 Å². The van der Waals surface area contributed by atoms with Crippen LogP contribution < -0.4 is 4.74 Å². The van der Waals surface area contributed by atoms with E-state index in [1.165, 1.54) is 6.08 Å². The largest absolute Gasteiger partial charge is 0.497 e. The summed E-state index contributed by atoms with van der Waals surface area (Å²) in [6, 6.07) is 15.0. The van der Waals surface area contributed by atoms with Crippen LogP contribution in [0, 0.1) is 0 Å². The molecule has 4 nitrogen and oxygen atoms in total. The van der Waals surface area contributed by atoms with Crippen LogP contribution in [-0.4, -0.2) is 22.9 Å². The molecule has 0 spiro atoms. The number of fused-ring (bicyclic) bond motifs is 3. The number of ketones is 1. The summed E-state index contributed by atoms with van der Waals surface area (Å²) < 4.78 is 5.30. The van der Waals surface area contributed by atoms with Gasteiger partial charge in [0, 0.05) is 27.5 Å². The quantitative estimate of drug-likeness (QED) is 0.397. The molecule has 5 heteroatoms. The van der Waals surface area contributed by atoms with Crippen molar-refractivity contribution in [2.24, 2.45) is 0 Å². The summed E-state index contributed by atoms with van der Waals surface area (Å²) in [5, 5.41) is 2.52. The number of benzene rings is 2. The summed E-state index contributed by atoms with van der Waals surface area (Å²) >= 11 is 6.13. The SMILES string of the molecule is COc1ccc2[nH]c3c(C(=O)/C=C/c4ccccc4Cl)nccc3c2c1. The maximum atomic E-state index is 12.7. The van der Waals surface area contributed by atoms with Crippen molar-refractivity contribution in [2.45, 2.75) is 0 Å². The lowest BCUT2D eigenvalue weighted by atomic mass is 10.1. The molecule has 0 aliphatic heterocycles. The Balaban J connectivity index is 1.79. The number of carbonyl (C=O) groups is 1. The molecule has 2 aromatic carbocycles. The zero-order valence-electron chi connectivity index (χ0n) is 14.0. The van der Waals surface area contributed by atoms with Crippen molar-refractivity contribution in [1.82, 2.24) is 9.97 Å². The number of H-pyrrole nitrogens is 1. The van der Waals surface area contributed by atoms with Gasteiger partial charge >= 0.3 is 0 Å². The molecule has 0 unspecified atom stereocenters. The number of pyridine rings is 1. The zero-order chi connectivity index (χ0) is 18.1. The highest BCUT2D eigenvalue weighted by atomic mass is 35.5. The number of hydrogen-bond donors (Lipinski definition) is 1. The maximum Gasteiger partial charge on any atom is 0.206 e. The van der Waals surface area contributed by atoms with E-state index in [1.54, 1.807) is 25.4 Å². The molecule has 4 rings (SSSR count). The summed E-state index contributed by atoms with van der Waals surface area (Å²) in [6.07, 6.45) is 4.84. The van der Waals surface area contributed by atoms with E-state index in [2.05, 4.69) is 9.97 Å². The van der Waals surface area contributed by atoms with Crippen LogP contribution in [0.5, 0.6) is 5.75 Å². The molecule has 0 bridgehead atoms. The minimum atomic E-state index is -0.186. The third kappa shape index (κ3) is 2.85. The molecule has 128 valence electrons. The van der Waals surface area contributed by atoms with Gasteiger partial charge in [0.25, 0.3) is 0 Å². The van der Waals surface area contributed by atoms with Gasteiger partial charge in [-0.25, -0.2) is 0 Å². The van der Waals surface area contributed by atoms with Gasteiger partial charge in [-0.05, 0) is 48.0 Å². The first-order valence-electron chi connectivity index (χ1n) is 8.09. The fourth-order valence-corrected chi connectivity index (χ4v) is 3.17. The predicted octanol–water partition coefficient (Wildman–Crippen LogP) is 5.27. The van der Waals surface area contributed by atoms with Gasteiger partial charge in [-0.15, -0.1) is 0 Å². The molecule has 26 heavy (non-hydrogen) atoms. The lowest BCUT2D eigenvalue weighted by molar-refractivity contribution is 0.104. The molecule has 0 aliphatic carbocycles. The van der Waals surface area contributed by atoms with Gasteiger partial charge in [0.2, 0.25) is 5.78 Å². The van der Waals surface area contributed by atoms with E-state index in [1.807, 2.05) is 42.5 Å². The number of hydrogen-bond acceptors (Lipinski definition) is 3. The maximum absolute atomic E-state index is 12.7. The van der Waals surface area contributed by atoms with Crippen LogP contribution in [0.2, 0.25) is 5.02 Å². The number of methoxy groups -OCH3 is 1. The molecular weight excluding hydrogens is 348 g/mol. The van der Waals surface area contributed by atoms with Crippen molar-refractivity contribution >= 4 is 45.3 Å². The molecule has 0 saturated heterocycles. The molecule has 2 aromatic heterocycles. The first-order valence-corrected chi connectivity index (χ1v) is 8.46. The van der Waals surface area contributed by atoms with Crippen LogP contribution in [0.4, 0.5) is 0 Å². The standard InChI is InChI=1S/C21H15ClN2O2/c1-26-14-7-8-18-16(12-14)15-10-11-23-21(20(15)24-18)19(25)9-6-13-4-2-3-5-17(13)22/h2-12,24H,1H3/b9-6+. The van der Waals surface area contributed by atoms with E-state index in [4.69, 9.17) is 16.3 Å². The second-order valence-electron chi connectivity index (χ2n) is 5.84. The summed E-state index contributed by atoms with van der Waals surface area (Å²) in [5.41, 5.74) is 2.81. The van der Waals surface area contributed by atoms with Crippen molar-refractivity contribution in [2.75, 3.05) is 7.11 Å². The van der Waals surface area contributed by atoms with Gasteiger partial charge in [-0.3, -0.25) is 9.78 Å². The molecular formula is C21H15ClN2O2. The normalized spacial score (nSPS) is 11.5. The Morgan fingerprint density at radius 2 is 2.00 bits per heavy atom. The number of halogens is 1. The van der Waals surface area contributed by atoms with E-state index < -0.39 is 0 Å². The lowest BCUT2D eigenvalue weighted by Crippen LogP contribution is -1.99.